The minimum Gasteiger partial charge on any atom is -0.296 e. The zero-order valence-electron chi connectivity index (χ0n) is 12.6. The van der Waals surface area contributed by atoms with E-state index in [1.54, 1.807) is 21.0 Å². The maximum atomic E-state index is 12.0. The Kier molecular flexibility index (Phi) is 5.15. The van der Waals surface area contributed by atoms with E-state index in [1.165, 1.54) is 19.9 Å². The van der Waals surface area contributed by atoms with E-state index in [2.05, 4.69) is 4.90 Å². The largest absolute Gasteiger partial charge is 0.296 e. The summed E-state index contributed by atoms with van der Waals surface area (Å²) < 4.78 is 26.8. The van der Waals surface area contributed by atoms with Crippen LogP contribution in [-0.4, -0.2) is 68.0 Å². The normalized spacial score (nSPS) is 18.3. The van der Waals surface area contributed by atoms with Crippen molar-refractivity contribution in [1.29, 1.82) is 0 Å². The molecule has 1 aliphatic heterocycles. The molecule has 1 aromatic rings. The lowest BCUT2D eigenvalue weighted by molar-refractivity contribution is 0.102. The highest BCUT2D eigenvalue weighted by atomic mass is 32.2. The molecular weight excluding hydrogens is 310 g/mol. The number of hydrogen-bond donors (Lipinski definition) is 0. The van der Waals surface area contributed by atoms with Crippen molar-refractivity contribution in [2.24, 2.45) is 0 Å². The van der Waals surface area contributed by atoms with E-state index >= 15 is 0 Å². The van der Waals surface area contributed by atoms with Crippen LogP contribution >= 0.6 is 11.3 Å². The minimum absolute atomic E-state index is 0.0909. The highest BCUT2D eigenvalue weighted by Gasteiger charge is 2.28. The summed E-state index contributed by atoms with van der Waals surface area (Å²) in [5.41, 5.74) is 1.12. The van der Waals surface area contributed by atoms with Crippen molar-refractivity contribution in [2.45, 2.75) is 13.5 Å². The van der Waals surface area contributed by atoms with Gasteiger partial charge in [-0.05, 0) is 23.9 Å². The van der Waals surface area contributed by atoms with E-state index in [4.69, 9.17) is 0 Å². The summed E-state index contributed by atoms with van der Waals surface area (Å²) in [5, 5.41) is 2.00. The fraction of sp³-hybridized carbons (Fsp3) is 0.615. The monoisotopic (exact) mass is 331 g/mol. The number of rotatable bonds is 5. The van der Waals surface area contributed by atoms with E-state index in [0.717, 1.165) is 17.0 Å². The van der Waals surface area contributed by atoms with Gasteiger partial charge in [-0.25, -0.2) is 0 Å². The van der Waals surface area contributed by atoms with Crippen LogP contribution in [0.1, 0.15) is 22.2 Å². The zero-order valence-corrected chi connectivity index (χ0v) is 14.2. The molecule has 8 heteroatoms. The van der Waals surface area contributed by atoms with E-state index in [1.807, 2.05) is 11.4 Å². The van der Waals surface area contributed by atoms with E-state index in [-0.39, 0.29) is 5.78 Å². The Hall–Kier alpha value is -0.800. The second-order valence-electron chi connectivity index (χ2n) is 5.34. The first-order valence-corrected chi connectivity index (χ1v) is 9.06. The van der Waals surface area contributed by atoms with Gasteiger partial charge in [0.2, 0.25) is 0 Å². The van der Waals surface area contributed by atoms with Crippen molar-refractivity contribution in [3.8, 4) is 0 Å². The molecule has 2 heterocycles. The Labute approximate surface area is 130 Å². The van der Waals surface area contributed by atoms with E-state index < -0.39 is 10.2 Å². The summed E-state index contributed by atoms with van der Waals surface area (Å²) in [6.45, 7) is 4.76. The maximum absolute atomic E-state index is 12.0. The van der Waals surface area contributed by atoms with Crippen molar-refractivity contribution >= 4 is 27.3 Å². The van der Waals surface area contributed by atoms with Gasteiger partial charge in [-0.3, -0.25) is 9.69 Å². The third-order valence-corrected chi connectivity index (χ3v) is 6.55. The van der Waals surface area contributed by atoms with Gasteiger partial charge < -0.3 is 0 Å². The van der Waals surface area contributed by atoms with E-state index in [9.17, 15) is 13.2 Å². The minimum atomic E-state index is -3.31. The molecule has 0 N–H and O–H groups in total. The molecule has 1 fully saturated rings. The van der Waals surface area contributed by atoms with Crippen LogP contribution < -0.4 is 0 Å². The van der Waals surface area contributed by atoms with Crippen molar-refractivity contribution in [3.05, 3.63) is 21.9 Å². The molecule has 0 saturated carbocycles. The summed E-state index contributed by atoms with van der Waals surface area (Å²) in [5.74, 6) is 0.0909. The predicted molar refractivity (Wildman–Crippen MR) is 83.8 cm³/mol. The Morgan fingerprint density at radius 2 is 1.90 bits per heavy atom. The lowest BCUT2D eigenvalue weighted by Gasteiger charge is -2.34. The molecular formula is C13H21N3O3S2. The number of carbonyl (C=O) groups excluding carboxylic acids is 1. The zero-order chi connectivity index (χ0) is 15.6. The number of piperazine rings is 1. The molecule has 0 radical (unpaired) electrons. The fourth-order valence-corrected chi connectivity index (χ4v) is 4.14. The average Bonchev–Trinajstić information content (AvgIpc) is 2.88. The molecule has 1 aliphatic rings. The number of hydrogen-bond acceptors (Lipinski definition) is 5. The highest BCUT2D eigenvalue weighted by molar-refractivity contribution is 7.86. The molecule has 0 aromatic carbocycles. The topological polar surface area (TPSA) is 60.9 Å². The number of ketones is 1. The van der Waals surface area contributed by atoms with Gasteiger partial charge in [-0.1, -0.05) is 0 Å². The van der Waals surface area contributed by atoms with Gasteiger partial charge in [0, 0.05) is 46.8 Å². The number of thiophene rings is 1. The Morgan fingerprint density at radius 3 is 2.38 bits per heavy atom. The van der Waals surface area contributed by atoms with Crippen molar-refractivity contribution < 1.29 is 13.2 Å². The summed E-state index contributed by atoms with van der Waals surface area (Å²) in [7, 11) is -0.202. The first kappa shape index (κ1) is 16.6. The fourth-order valence-electron chi connectivity index (χ4n) is 2.25. The van der Waals surface area contributed by atoms with Crippen LogP contribution in [0.15, 0.2) is 11.4 Å². The van der Waals surface area contributed by atoms with Crippen molar-refractivity contribution in [1.82, 2.24) is 13.5 Å². The molecule has 1 saturated heterocycles. The number of carbonyl (C=O) groups is 1. The average molecular weight is 331 g/mol. The summed E-state index contributed by atoms with van der Waals surface area (Å²) in [6.07, 6.45) is 0. The Morgan fingerprint density at radius 1 is 1.29 bits per heavy atom. The molecule has 0 atom stereocenters. The molecule has 0 amide bonds. The van der Waals surface area contributed by atoms with Crippen LogP contribution in [0.4, 0.5) is 0 Å². The highest BCUT2D eigenvalue weighted by Crippen LogP contribution is 2.18. The van der Waals surface area contributed by atoms with Gasteiger partial charge in [0.1, 0.15) is 0 Å². The van der Waals surface area contributed by atoms with Crippen LogP contribution in [0.3, 0.4) is 0 Å². The molecule has 2 rings (SSSR count). The molecule has 0 bridgehead atoms. The first-order valence-electron chi connectivity index (χ1n) is 6.79. The second kappa shape index (κ2) is 6.53. The summed E-state index contributed by atoms with van der Waals surface area (Å²) in [4.78, 5) is 14.3. The van der Waals surface area contributed by atoms with E-state index in [0.29, 0.717) is 26.2 Å². The van der Waals surface area contributed by atoms with Gasteiger partial charge in [-0.2, -0.15) is 17.0 Å². The second-order valence-corrected chi connectivity index (χ2v) is 8.39. The van der Waals surface area contributed by atoms with Crippen LogP contribution in [0, 0.1) is 0 Å². The lowest BCUT2D eigenvalue weighted by Crippen LogP contribution is -2.51. The molecule has 21 heavy (non-hydrogen) atoms. The van der Waals surface area contributed by atoms with Crippen molar-refractivity contribution in [2.75, 3.05) is 40.3 Å². The molecule has 6 nitrogen and oxygen atoms in total. The standard InChI is InChI=1S/C13H21N3O3S2/c1-11(17)13-8-12(10-20-13)9-15-4-6-16(7-5-15)21(18,19)14(2)3/h8,10H,4-7,9H2,1-3H3. The molecule has 118 valence electrons. The summed E-state index contributed by atoms with van der Waals surface area (Å²) in [6, 6.07) is 1.93. The third kappa shape index (κ3) is 3.89. The maximum Gasteiger partial charge on any atom is 0.281 e. The smallest absolute Gasteiger partial charge is 0.281 e. The quantitative estimate of drug-likeness (QED) is 0.752. The van der Waals surface area contributed by atoms with Crippen LogP contribution in [-0.2, 0) is 16.8 Å². The number of Topliss-reactive ketones (excluding diaryl/α,β-unsaturated/α-hetero) is 1. The van der Waals surface area contributed by atoms with Gasteiger partial charge in [0.15, 0.2) is 5.78 Å². The predicted octanol–water partition coefficient (Wildman–Crippen LogP) is 0.875. The van der Waals surface area contributed by atoms with Gasteiger partial charge in [-0.15, -0.1) is 11.3 Å². The van der Waals surface area contributed by atoms with Gasteiger partial charge in [0.05, 0.1) is 4.88 Å². The molecule has 0 unspecified atom stereocenters. The Bertz CT molecular complexity index is 602. The number of nitrogens with zero attached hydrogens (tertiary/aromatic N) is 3. The van der Waals surface area contributed by atoms with Crippen LogP contribution in [0.2, 0.25) is 0 Å². The first-order chi connectivity index (χ1) is 9.80. The SMILES string of the molecule is CC(=O)c1cc(CN2CCN(S(=O)(=O)N(C)C)CC2)cs1. The molecule has 1 aromatic heterocycles. The van der Waals surface area contributed by atoms with Crippen LogP contribution in [0.5, 0.6) is 0 Å². The molecule has 0 aliphatic carbocycles. The third-order valence-electron chi connectivity index (χ3n) is 3.53. The molecule has 0 spiro atoms. The van der Waals surface area contributed by atoms with Gasteiger partial charge >= 0.3 is 0 Å². The van der Waals surface area contributed by atoms with Crippen molar-refractivity contribution in [3.63, 3.8) is 0 Å². The Balaban J connectivity index is 1.91. The lowest BCUT2D eigenvalue weighted by atomic mass is 10.2. The van der Waals surface area contributed by atoms with Gasteiger partial charge in [0.25, 0.3) is 10.2 Å². The summed E-state index contributed by atoms with van der Waals surface area (Å²) >= 11 is 1.47. The van der Waals surface area contributed by atoms with Crippen LogP contribution in [0.25, 0.3) is 0 Å².